The maximum absolute atomic E-state index is 3.97. The smallest absolute Gasteiger partial charge is 1.00 e. The van der Waals surface area contributed by atoms with Gasteiger partial charge in [0.1, 0.15) is 0 Å². The topological polar surface area (TPSA) is 0 Å². The molecular weight excluding hydrogens is 220 g/mol. The van der Waals surface area contributed by atoms with Crippen molar-refractivity contribution in [2.24, 2.45) is 0 Å². The van der Waals surface area contributed by atoms with Crippen molar-refractivity contribution in [2.75, 3.05) is 0 Å². The molecule has 9 heavy (non-hydrogen) atoms. The number of hydrogen-bond acceptors (Lipinski definition) is 0. The zero-order chi connectivity index (χ0) is 6.78. The average Bonchev–Trinajstić information content (AvgIpc) is 1.62. The van der Waals surface area contributed by atoms with Gasteiger partial charge < -0.3 is 0 Å². The van der Waals surface area contributed by atoms with Crippen molar-refractivity contribution in [2.45, 2.75) is 23.7 Å². The summed E-state index contributed by atoms with van der Waals surface area (Å²) in [5, 5.41) is 0. The molecule has 0 spiro atoms. The molecule has 2 heteroatoms. The molecule has 0 aliphatic carbocycles. The van der Waals surface area contributed by atoms with Gasteiger partial charge in [0.2, 0.25) is 0 Å². The molecule has 0 radical (unpaired) electrons. The van der Waals surface area contributed by atoms with Crippen LogP contribution in [0.1, 0.15) is 6.42 Å². The number of allylic oxidation sites excluding steroid dienone is 1. The summed E-state index contributed by atoms with van der Waals surface area (Å²) in [6.07, 6.45) is 0.934. The second-order valence-corrected chi connectivity index (χ2v) is 14.0. The van der Waals surface area contributed by atoms with E-state index in [2.05, 4.69) is 30.8 Å². The first-order valence-corrected chi connectivity index (χ1v) is 10.3. The molecule has 0 unspecified atom stereocenters. The molecule has 0 heterocycles. The predicted octanol–water partition coefficient (Wildman–Crippen LogP) is 2.64. The average molecular weight is 235 g/mol. The van der Waals surface area contributed by atoms with Crippen LogP contribution >= 0.6 is 0 Å². The van der Waals surface area contributed by atoms with Crippen molar-refractivity contribution in [3.63, 3.8) is 0 Å². The van der Waals surface area contributed by atoms with Gasteiger partial charge in [0.25, 0.3) is 0 Å². The van der Waals surface area contributed by atoms with Crippen LogP contribution in [0, 0.1) is 6.92 Å². The molecule has 0 aliphatic rings. The maximum Gasteiger partial charge on any atom is 1.00 e. The van der Waals surface area contributed by atoms with Gasteiger partial charge in [0, 0.05) is 0 Å². The second kappa shape index (κ2) is 4.59. The number of hydrogen-bond donors (Lipinski definition) is 0. The van der Waals surface area contributed by atoms with Crippen molar-refractivity contribution in [1.29, 1.82) is 0 Å². The minimum Gasteiger partial charge on any atom is 1.00 e. The van der Waals surface area contributed by atoms with Crippen molar-refractivity contribution < 1.29 is 17.1 Å². The van der Waals surface area contributed by atoms with Gasteiger partial charge in [-0.15, -0.1) is 0 Å². The standard InChI is InChI=1S/C7H15Ge.Cu/c1-6-7(2)8(3,4)5;/h1-2,6H2,3-5H3;/q-1;+1. The molecule has 0 aromatic rings. The molecule has 58 valence electrons. The maximum atomic E-state index is 3.97. The first kappa shape index (κ1) is 12.5. The molecule has 0 aromatic carbocycles. The summed E-state index contributed by atoms with van der Waals surface area (Å²) in [4.78, 5) is 0. The Hall–Kier alpha value is 0.802. The fourth-order valence-electron chi connectivity index (χ4n) is 0.375. The minimum absolute atomic E-state index is 0. The fourth-order valence-corrected chi connectivity index (χ4v) is 1.95. The first-order chi connectivity index (χ1) is 3.48. The Bertz CT molecular complexity index is 91.6. The van der Waals surface area contributed by atoms with Gasteiger partial charge in [-0.05, 0) is 0 Å². The molecule has 0 atom stereocenters. The van der Waals surface area contributed by atoms with Crippen molar-refractivity contribution in [1.82, 2.24) is 0 Å². The SMILES string of the molecule is C=[C](C[CH2-])[Ge]([CH3])([CH3])[CH3].[Cu+]. The van der Waals surface area contributed by atoms with E-state index in [1.165, 1.54) is 4.41 Å². The molecule has 0 N–H and O–H groups in total. The van der Waals surface area contributed by atoms with E-state index < -0.39 is 13.3 Å². The third-order valence-corrected chi connectivity index (χ3v) is 6.34. The van der Waals surface area contributed by atoms with Crippen molar-refractivity contribution in [3.8, 4) is 0 Å². The predicted molar refractivity (Wildman–Crippen MR) is 42.5 cm³/mol. The van der Waals surface area contributed by atoms with Crippen molar-refractivity contribution in [3.05, 3.63) is 17.9 Å². The molecule has 0 saturated heterocycles. The van der Waals surface area contributed by atoms with E-state index in [4.69, 9.17) is 0 Å². The Morgan fingerprint density at radius 2 is 1.78 bits per heavy atom. The summed E-state index contributed by atoms with van der Waals surface area (Å²) < 4.78 is 1.41. The van der Waals surface area contributed by atoms with Crippen LogP contribution in [0.5, 0.6) is 0 Å². The van der Waals surface area contributed by atoms with Gasteiger partial charge in [-0.3, -0.25) is 0 Å². The van der Waals surface area contributed by atoms with Crippen molar-refractivity contribution >= 4 is 13.3 Å². The van der Waals surface area contributed by atoms with E-state index in [9.17, 15) is 0 Å². The second-order valence-electron chi connectivity index (χ2n) is 3.10. The van der Waals surface area contributed by atoms with Crippen LogP contribution < -0.4 is 0 Å². The zero-order valence-electron chi connectivity index (χ0n) is 6.42. The van der Waals surface area contributed by atoms with Gasteiger partial charge in [0.15, 0.2) is 0 Å². The fraction of sp³-hybridized carbons (Fsp3) is 0.571. The minimum atomic E-state index is -1.46. The molecule has 0 rings (SSSR count). The van der Waals surface area contributed by atoms with Gasteiger partial charge in [-0.2, -0.15) is 0 Å². The summed E-state index contributed by atoms with van der Waals surface area (Å²) in [6.45, 7) is 7.76. The Kier molecular flexibility index (Phi) is 6.37. The van der Waals surface area contributed by atoms with Gasteiger partial charge in [-0.1, -0.05) is 0 Å². The summed E-state index contributed by atoms with van der Waals surface area (Å²) in [7, 11) is 0. The quantitative estimate of drug-likeness (QED) is 0.510. The van der Waals surface area contributed by atoms with E-state index in [1.807, 2.05) is 0 Å². The zero-order valence-corrected chi connectivity index (χ0v) is 9.46. The van der Waals surface area contributed by atoms with Gasteiger partial charge in [0.05, 0.1) is 0 Å². The van der Waals surface area contributed by atoms with Crippen LogP contribution in [-0.4, -0.2) is 13.3 Å². The normalized spacial score (nSPS) is 10.2. The summed E-state index contributed by atoms with van der Waals surface area (Å²) >= 11 is -1.46. The van der Waals surface area contributed by atoms with Gasteiger partial charge >= 0.3 is 71.9 Å². The van der Waals surface area contributed by atoms with E-state index in [-0.39, 0.29) is 17.1 Å². The largest absolute Gasteiger partial charge is 1.00 e. The van der Waals surface area contributed by atoms with Crippen LogP contribution in [0.2, 0.25) is 17.3 Å². The van der Waals surface area contributed by atoms with Crippen LogP contribution in [0.15, 0.2) is 11.0 Å². The van der Waals surface area contributed by atoms with E-state index in [0.717, 1.165) is 6.42 Å². The Balaban J connectivity index is 0. The monoisotopic (exact) mass is 236 g/mol. The first-order valence-electron chi connectivity index (χ1n) is 2.96. The molecular formula is C7H15CuGe. The number of rotatable bonds is 2. The Labute approximate surface area is 71.9 Å². The molecule has 0 nitrogen and oxygen atoms in total. The van der Waals surface area contributed by atoms with Crippen LogP contribution in [-0.2, 0) is 17.1 Å². The molecule has 0 bridgehead atoms. The van der Waals surface area contributed by atoms with Crippen LogP contribution in [0.4, 0.5) is 0 Å². The molecule has 0 aromatic heterocycles. The summed E-state index contributed by atoms with van der Waals surface area (Å²) in [6, 6.07) is 0. The Morgan fingerprint density at radius 3 is 1.78 bits per heavy atom. The summed E-state index contributed by atoms with van der Waals surface area (Å²) in [5.74, 6) is 7.02. The van der Waals surface area contributed by atoms with Crippen LogP contribution in [0.25, 0.3) is 0 Å². The molecule has 0 saturated carbocycles. The van der Waals surface area contributed by atoms with Gasteiger partial charge in [-0.25, -0.2) is 0 Å². The third-order valence-electron chi connectivity index (χ3n) is 1.36. The molecule has 0 aliphatic heterocycles. The summed E-state index contributed by atoms with van der Waals surface area (Å²) in [5.41, 5.74) is 0. The Morgan fingerprint density at radius 1 is 1.44 bits per heavy atom. The van der Waals surface area contributed by atoms with E-state index in [0.29, 0.717) is 0 Å². The molecule has 0 fully saturated rings. The third kappa shape index (κ3) is 5.26. The van der Waals surface area contributed by atoms with E-state index >= 15 is 0 Å². The van der Waals surface area contributed by atoms with Crippen LogP contribution in [0.3, 0.4) is 0 Å². The van der Waals surface area contributed by atoms with E-state index in [1.54, 1.807) is 0 Å². The molecule has 0 amide bonds.